The van der Waals surface area contributed by atoms with Crippen LogP contribution in [0.1, 0.15) is 18.4 Å². The molecule has 1 rings (SSSR count). The van der Waals surface area contributed by atoms with E-state index in [0.717, 1.165) is 11.3 Å². The zero-order valence-corrected chi connectivity index (χ0v) is 12.2. The molecule has 7 heteroatoms. The first kappa shape index (κ1) is 17.9. The highest BCUT2D eigenvalue weighted by atomic mass is 18.2. The Balaban J connectivity index is 2.62. The highest BCUT2D eigenvalue weighted by molar-refractivity contribution is 5.76. The summed E-state index contributed by atoms with van der Waals surface area (Å²) in [4.78, 5) is 21.9. The summed E-state index contributed by atoms with van der Waals surface area (Å²) in [7, 11) is 0. The standard InChI is InChI=1S/C15H21FN2O4/c16-6-1-7-18-12-4-2-10(3-5-12)8-11(14(19)20)9-13(17)15(21)22/h2-5,11,13,18H,1,6-9,17H2,(H,19,20)(H,21,22)/i16-1. The lowest BCUT2D eigenvalue weighted by atomic mass is 9.93. The number of rotatable bonds is 10. The van der Waals surface area contributed by atoms with Crippen LogP contribution < -0.4 is 11.1 Å². The average Bonchev–Trinajstić information content (AvgIpc) is 2.48. The molecule has 0 aliphatic carbocycles. The van der Waals surface area contributed by atoms with Crippen molar-refractivity contribution in [1.82, 2.24) is 0 Å². The Morgan fingerprint density at radius 3 is 2.32 bits per heavy atom. The zero-order chi connectivity index (χ0) is 16.5. The maximum absolute atomic E-state index is 12.0. The van der Waals surface area contributed by atoms with Crippen LogP contribution in [0.5, 0.6) is 0 Å². The number of hydrogen-bond donors (Lipinski definition) is 4. The van der Waals surface area contributed by atoms with E-state index in [-0.39, 0.29) is 19.5 Å². The van der Waals surface area contributed by atoms with Crippen molar-refractivity contribution in [2.24, 2.45) is 11.7 Å². The molecule has 0 radical (unpaired) electrons. The molecule has 0 heterocycles. The van der Waals surface area contributed by atoms with E-state index < -0.39 is 23.9 Å². The second-order valence-electron chi connectivity index (χ2n) is 5.09. The van der Waals surface area contributed by atoms with E-state index in [0.29, 0.717) is 13.0 Å². The van der Waals surface area contributed by atoms with Crippen LogP contribution in [0, 0.1) is 5.92 Å². The lowest BCUT2D eigenvalue weighted by Crippen LogP contribution is -2.35. The minimum Gasteiger partial charge on any atom is -0.481 e. The molecule has 0 spiro atoms. The Morgan fingerprint density at radius 2 is 1.82 bits per heavy atom. The van der Waals surface area contributed by atoms with Crippen molar-refractivity contribution in [2.75, 3.05) is 18.5 Å². The van der Waals surface area contributed by atoms with Crippen molar-refractivity contribution in [1.29, 1.82) is 0 Å². The fourth-order valence-corrected chi connectivity index (χ4v) is 2.02. The predicted octanol–water partition coefficient (Wildman–Crippen LogP) is 1.50. The van der Waals surface area contributed by atoms with Crippen molar-refractivity contribution >= 4 is 17.6 Å². The van der Waals surface area contributed by atoms with Gasteiger partial charge < -0.3 is 21.3 Å². The van der Waals surface area contributed by atoms with Gasteiger partial charge in [0.2, 0.25) is 0 Å². The number of benzene rings is 1. The van der Waals surface area contributed by atoms with Gasteiger partial charge in [-0.15, -0.1) is 0 Å². The fourth-order valence-electron chi connectivity index (χ4n) is 2.02. The van der Waals surface area contributed by atoms with Crippen molar-refractivity contribution in [3.63, 3.8) is 0 Å². The van der Waals surface area contributed by atoms with E-state index in [1.165, 1.54) is 0 Å². The molecule has 5 N–H and O–H groups in total. The van der Waals surface area contributed by atoms with Gasteiger partial charge in [0, 0.05) is 12.2 Å². The number of carbonyl (C=O) groups is 2. The van der Waals surface area contributed by atoms with E-state index in [2.05, 4.69) is 5.32 Å². The molecule has 0 fully saturated rings. The van der Waals surface area contributed by atoms with E-state index in [4.69, 9.17) is 15.9 Å². The number of nitrogens with one attached hydrogen (secondary N) is 1. The van der Waals surface area contributed by atoms with Crippen molar-refractivity contribution < 1.29 is 24.2 Å². The molecule has 6 nitrogen and oxygen atoms in total. The number of alkyl halides is 1. The molecular weight excluding hydrogens is 290 g/mol. The molecule has 0 aromatic heterocycles. The van der Waals surface area contributed by atoms with Crippen molar-refractivity contribution in [2.45, 2.75) is 25.3 Å². The van der Waals surface area contributed by atoms with Gasteiger partial charge >= 0.3 is 11.9 Å². The minimum atomic E-state index is -1.21. The molecule has 22 heavy (non-hydrogen) atoms. The summed E-state index contributed by atoms with van der Waals surface area (Å²) in [6.07, 6.45) is 0.512. The van der Waals surface area contributed by atoms with Gasteiger partial charge in [-0.1, -0.05) is 12.1 Å². The quantitative estimate of drug-likeness (QED) is 0.487. The van der Waals surface area contributed by atoms with Crippen LogP contribution in [0.4, 0.5) is 10.1 Å². The van der Waals surface area contributed by atoms with Gasteiger partial charge in [0.1, 0.15) is 6.04 Å². The van der Waals surface area contributed by atoms with Crippen LogP contribution in [0.3, 0.4) is 0 Å². The first-order valence-corrected chi connectivity index (χ1v) is 7.04. The van der Waals surface area contributed by atoms with Crippen LogP contribution in [-0.4, -0.2) is 41.4 Å². The maximum atomic E-state index is 12.0. The van der Waals surface area contributed by atoms with E-state index in [1.807, 2.05) is 0 Å². The van der Waals surface area contributed by atoms with E-state index >= 15 is 0 Å². The van der Waals surface area contributed by atoms with Crippen LogP contribution in [0.15, 0.2) is 24.3 Å². The number of halogens is 1. The minimum absolute atomic E-state index is 0.124. The second-order valence-corrected chi connectivity index (χ2v) is 5.09. The van der Waals surface area contributed by atoms with Crippen molar-refractivity contribution in [3.05, 3.63) is 29.8 Å². The summed E-state index contributed by atoms with van der Waals surface area (Å²) in [5.41, 5.74) is 7.00. The smallest absolute Gasteiger partial charge is 0.320 e. The highest BCUT2D eigenvalue weighted by Gasteiger charge is 2.24. The SMILES string of the molecule is NC(CC(Cc1ccc(NCCC[18F])cc1)C(=O)O)C(=O)O. The molecule has 2 atom stereocenters. The second kappa shape index (κ2) is 8.99. The van der Waals surface area contributed by atoms with Crippen LogP contribution in [0.25, 0.3) is 0 Å². The lowest BCUT2D eigenvalue weighted by molar-refractivity contribution is -0.143. The maximum Gasteiger partial charge on any atom is 0.320 e. The van der Waals surface area contributed by atoms with Gasteiger partial charge in [-0.25, -0.2) is 0 Å². The Bertz CT molecular complexity index is 493. The first-order chi connectivity index (χ1) is 10.4. The van der Waals surface area contributed by atoms with Gasteiger partial charge in [0.05, 0.1) is 12.6 Å². The number of carboxylic acids is 2. The molecule has 1 aromatic carbocycles. The van der Waals surface area contributed by atoms with E-state index in [1.54, 1.807) is 24.3 Å². The molecule has 122 valence electrons. The van der Waals surface area contributed by atoms with Gasteiger partial charge in [0.15, 0.2) is 0 Å². The summed E-state index contributed by atoms with van der Waals surface area (Å²) in [5, 5.41) is 21.0. The van der Waals surface area contributed by atoms with Crippen LogP contribution in [0.2, 0.25) is 0 Å². The third-order valence-electron chi connectivity index (χ3n) is 3.28. The summed E-state index contributed by atoms with van der Waals surface area (Å²) >= 11 is 0. The van der Waals surface area contributed by atoms with Crippen molar-refractivity contribution in [3.8, 4) is 0 Å². The normalized spacial score (nSPS) is 13.4. The Morgan fingerprint density at radius 1 is 1.18 bits per heavy atom. The molecule has 0 bridgehead atoms. The third-order valence-corrected chi connectivity index (χ3v) is 3.28. The molecule has 0 aliphatic heterocycles. The fraction of sp³-hybridized carbons (Fsp3) is 0.467. The Hall–Kier alpha value is -2.15. The summed E-state index contributed by atoms with van der Waals surface area (Å²) in [6.45, 7) is 0.149. The predicted molar refractivity (Wildman–Crippen MR) is 80.6 cm³/mol. The van der Waals surface area contributed by atoms with Gasteiger partial charge in [-0.05, 0) is 37.0 Å². The van der Waals surface area contributed by atoms with Gasteiger partial charge in [-0.3, -0.25) is 14.0 Å². The van der Waals surface area contributed by atoms with Gasteiger partial charge in [-0.2, -0.15) is 0 Å². The number of carboxylic acid groups (broad SMARTS) is 2. The summed E-state index contributed by atoms with van der Waals surface area (Å²) < 4.78 is 12.0. The summed E-state index contributed by atoms with van der Waals surface area (Å²) in [6, 6.07) is 5.90. The van der Waals surface area contributed by atoms with Crippen LogP contribution >= 0.6 is 0 Å². The molecule has 0 amide bonds. The highest BCUT2D eigenvalue weighted by Crippen LogP contribution is 2.17. The number of anilines is 1. The molecule has 1 aromatic rings. The Labute approximate surface area is 128 Å². The number of nitrogens with two attached hydrogens (primary N) is 1. The summed E-state index contributed by atoms with van der Waals surface area (Å²) in [5.74, 6) is -3.13. The monoisotopic (exact) mass is 311 g/mol. The number of aliphatic carboxylic acids is 2. The topological polar surface area (TPSA) is 113 Å². The molecular formula is C15H21FN2O4. The van der Waals surface area contributed by atoms with Gasteiger partial charge in [0.25, 0.3) is 0 Å². The first-order valence-electron chi connectivity index (χ1n) is 7.04. The largest absolute Gasteiger partial charge is 0.481 e. The lowest BCUT2D eigenvalue weighted by Gasteiger charge is -2.15. The zero-order valence-electron chi connectivity index (χ0n) is 12.2. The number of hydrogen-bond acceptors (Lipinski definition) is 4. The third kappa shape index (κ3) is 6.09. The molecule has 0 aliphatic rings. The van der Waals surface area contributed by atoms with Crippen LogP contribution in [-0.2, 0) is 16.0 Å². The Kier molecular flexibility index (Phi) is 7.31. The molecule has 0 saturated carbocycles. The average molecular weight is 311 g/mol. The molecule has 0 saturated heterocycles. The molecule has 2 unspecified atom stereocenters. The van der Waals surface area contributed by atoms with E-state index in [9.17, 15) is 14.0 Å².